The van der Waals surface area contributed by atoms with E-state index in [1.165, 1.54) is 0 Å². The highest BCUT2D eigenvalue weighted by molar-refractivity contribution is 4.82. The number of allylic oxidation sites excluding steroid dienone is 1. The largest absolute Gasteiger partial charge is 0.502 e. The maximum absolute atomic E-state index is 13.5. The third-order valence-corrected chi connectivity index (χ3v) is 2.74. The Kier molecular flexibility index (Phi) is 7.30. The topological polar surface area (TPSA) is 21.3 Å². The minimum Gasteiger partial charge on any atom is -0.502 e. The molecule has 0 rings (SSSR count). The fourth-order valence-corrected chi connectivity index (χ4v) is 1.49. The molecule has 1 unspecified atom stereocenters. The first-order valence-corrected chi connectivity index (χ1v) is 5.68. The lowest BCUT2D eigenvalue weighted by atomic mass is 9.97. The third-order valence-electron chi connectivity index (χ3n) is 2.74. The zero-order chi connectivity index (χ0) is 12.6. The minimum atomic E-state index is -2.59. The van der Waals surface area contributed by atoms with Crippen LogP contribution in [0.25, 0.3) is 0 Å². The summed E-state index contributed by atoms with van der Waals surface area (Å²) in [5, 5.41) is 2.78. The molecule has 1 atom stereocenters. The zero-order valence-electron chi connectivity index (χ0n) is 10.5. The highest BCUT2D eigenvalue weighted by Gasteiger charge is 2.34. The predicted molar refractivity (Wildman–Crippen MR) is 62.7 cm³/mol. The first-order chi connectivity index (χ1) is 7.44. The van der Waals surface area contributed by atoms with Crippen LogP contribution in [-0.2, 0) is 4.74 Å². The smallest absolute Gasteiger partial charge is 0.251 e. The van der Waals surface area contributed by atoms with Crippen molar-refractivity contribution in [3.05, 3.63) is 12.3 Å². The highest BCUT2D eigenvalue weighted by atomic mass is 19.3. The molecule has 2 nitrogen and oxygen atoms in total. The molecular formula is C12H23F2NO. The van der Waals surface area contributed by atoms with Gasteiger partial charge in [-0.25, -0.2) is 8.78 Å². The molecule has 0 saturated carbocycles. The number of hydrogen-bond donors (Lipinski definition) is 1. The lowest BCUT2D eigenvalue weighted by Crippen LogP contribution is -2.33. The summed E-state index contributed by atoms with van der Waals surface area (Å²) in [5.41, 5.74) is 0. The number of rotatable bonds is 9. The summed E-state index contributed by atoms with van der Waals surface area (Å²) in [6.07, 6.45) is 1.80. The summed E-state index contributed by atoms with van der Waals surface area (Å²) >= 11 is 0. The number of nitrogens with one attached hydrogen (secondary N) is 1. The van der Waals surface area contributed by atoms with Crippen molar-refractivity contribution < 1.29 is 13.5 Å². The van der Waals surface area contributed by atoms with Crippen molar-refractivity contribution in [1.29, 1.82) is 0 Å². The average Bonchev–Trinajstić information content (AvgIpc) is 2.24. The second-order valence-electron chi connectivity index (χ2n) is 4.17. The van der Waals surface area contributed by atoms with E-state index in [-0.39, 0.29) is 6.42 Å². The molecule has 96 valence electrons. The van der Waals surface area contributed by atoms with Crippen molar-refractivity contribution in [2.24, 2.45) is 5.92 Å². The van der Waals surface area contributed by atoms with Gasteiger partial charge >= 0.3 is 0 Å². The fraction of sp³-hybridized carbons (Fsp3) is 0.833. The molecule has 0 aliphatic rings. The molecule has 0 aliphatic heterocycles. The molecule has 0 radical (unpaired) electrons. The Balaban J connectivity index is 3.77. The molecule has 0 aromatic heterocycles. The van der Waals surface area contributed by atoms with E-state index >= 15 is 0 Å². The summed E-state index contributed by atoms with van der Waals surface area (Å²) < 4.78 is 31.9. The Hall–Kier alpha value is -0.640. The maximum Gasteiger partial charge on any atom is 0.251 e. The number of hydrogen-bond acceptors (Lipinski definition) is 2. The number of halogens is 2. The van der Waals surface area contributed by atoms with Gasteiger partial charge in [0.2, 0.25) is 0 Å². The van der Waals surface area contributed by atoms with Gasteiger partial charge in [0.1, 0.15) is 0 Å². The second kappa shape index (κ2) is 7.60. The van der Waals surface area contributed by atoms with E-state index in [0.717, 1.165) is 0 Å². The molecule has 0 fully saturated rings. The van der Waals surface area contributed by atoms with Crippen molar-refractivity contribution in [2.75, 3.05) is 20.7 Å². The standard InChI is InChI=1S/C12H23F2NO/c1-10(9-15-3)12(13,14)8-6-5-7-11(2)16-4/h10,15H,2,5-9H2,1,3-4H3. The number of ether oxygens (including phenoxy) is 1. The first-order valence-electron chi connectivity index (χ1n) is 5.68. The maximum atomic E-state index is 13.5. The van der Waals surface area contributed by atoms with Gasteiger partial charge < -0.3 is 10.1 Å². The van der Waals surface area contributed by atoms with Crippen LogP contribution in [0.4, 0.5) is 8.78 Å². The fourth-order valence-electron chi connectivity index (χ4n) is 1.49. The van der Waals surface area contributed by atoms with E-state index in [0.29, 0.717) is 31.6 Å². The quantitative estimate of drug-likeness (QED) is 0.489. The summed E-state index contributed by atoms with van der Waals surface area (Å²) in [5.74, 6) is -2.55. The van der Waals surface area contributed by atoms with E-state index in [9.17, 15) is 8.78 Å². The lowest BCUT2D eigenvalue weighted by molar-refractivity contribution is -0.0592. The van der Waals surface area contributed by atoms with Gasteiger partial charge in [0, 0.05) is 25.3 Å². The Morgan fingerprint density at radius 2 is 2.06 bits per heavy atom. The second-order valence-corrected chi connectivity index (χ2v) is 4.17. The molecule has 0 aliphatic carbocycles. The van der Waals surface area contributed by atoms with Crippen LogP contribution in [0.3, 0.4) is 0 Å². The molecule has 0 saturated heterocycles. The highest BCUT2D eigenvalue weighted by Crippen LogP contribution is 2.30. The summed E-state index contributed by atoms with van der Waals surface area (Å²) in [7, 11) is 3.24. The van der Waals surface area contributed by atoms with Crippen LogP contribution in [-0.4, -0.2) is 26.6 Å². The summed E-state index contributed by atoms with van der Waals surface area (Å²) in [4.78, 5) is 0. The van der Waals surface area contributed by atoms with Crippen molar-refractivity contribution >= 4 is 0 Å². The molecule has 16 heavy (non-hydrogen) atoms. The Morgan fingerprint density at radius 3 is 2.56 bits per heavy atom. The Bertz CT molecular complexity index is 207. The average molecular weight is 235 g/mol. The van der Waals surface area contributed by atoms with Crippen LogP contribution in [0.1, 0.15) is 32.6 Å². The number of alkyl halides is 2. The van der Waals surface area contributed by atoms with Gasteiger partial charge in [-0.2, -0.15) is 0 Å². The molecule has 0 heterocycles. The molecule has 0 amide bonds. The van der Waals surface area contributed by atoms with E-state index < -0.39 is 11.8 Å². The summed E-state index contributed by atoms with van der Waals surface area (Å²) in [6, 6.07) is 0. The van der Waals surface area contributed by atoms with Crippen molar-refractivity contribution in [1.82, 2.24) is 5.32 Å². The van der Waals surface area contributed by atoms with Crippen molar-refractivity contribution in [3.63, 3.8) is 0 Å². The van der Waals surface area contributed by atoms with E-state index in [1.807, 2.05) is 0 Å². The zero-order valence-corrected chi connectivity index (χ0v) is 10.5. The molecule has 4 heteroatoms. The number of methoxy groups -OCH3 is 1. The van der Waals surface area contributed by atoms with Crippen LogP contribution < -0.4 is 5.32 Å². The molecule has 0 aromatic carbocycles. The van der Waals surface area contributed by atoms with Crippen molar-refractivity contribution in [2.45, 2.75) is 38.5 Å². The molecule has 0 bridgehead atoms. The molecule has 0 aromatic rings. The predicted octanol–water partition coefficient (Wildman–Crippen LogP) is 3.20. The lowest BCUT2D eigenvalue weighted by Gasteiger charge is -2.23. The van der Waals surface area contributed by atoms with Gasteiger partial charge in [0.15, 0.2) is 0 Å². The van der Waals surface area contributed by atoms with Crippen LogP contribution in [0, 0.1) is 5.92 Å². The van der Waals surface area contributed by atoms with Crippen molar-refractivity contribution in [3.8, 4) is 0 Å². The normalized spacial score (nSPS) is 13.6. The van der Waals surface area contributed by atoms with Crippen LogP contribution in [0.15, 0.2) is 12.3 Å². The Labute approximate surface area is 97.1 Å². The monoisotopic (exact) mass is 235 g/mol. The van der Waals surface area contributed by atoms with Crippen LogP contribution in [0.5, 0.6) is 0 Å². The van der Waals surface area contributed by atoms with Crippen LogP contribution >= 0.6 is 0 Å². The van der Waals surface area contributed by atoms with Crippen LogP contribution in [0.2, 0.25) is 0 Å². The van der Waals surface area contributed by atoms with E-state index in [2.05, 4.69) is 11.9 Å². The first kappa shape index (κ1) is 15.4. The van der Waals surface area contributed by atoms with E-state index in [4.69, 9.17) is 4.74 Å². The number of unbranched alkanes of at least 4 members (excludes halogenated alkanes) is 1. The molecule has 0 spiro atoms. The van der Waals surface area contributed by atoms with Gasteiger partial charge in [-0.3, -0.25) is 0 Å². The van der Waals surface area contributed by atoms with Gasteiger partial charge in [0.05, 0.1) is 12.9 Å². The molecule has 1 N–H and O–H groups in total. The van der Waals surface area contributed by atoms with E-state index in [1.54, 1.807) is 21.1 Å². The van der Waals surface area contributed by atoms with Gasteiger partial charge in [-0.1, -0.05) is 13.5 Å². The molecular weight excluding hydrogens is 212 g/mol. The van der Waals surface area contributed by atoms with Gasteiger partial charge in [-0.05, 0) is 19.9 Å². The third kappa shape index (κ3) is 6.05. The van der Waals surface area contributed by atoms with Gasteiger partial charge in [0.25, 0.3) is 5.92 Å². The van der Waals surface area contributed by atoms with Gasteiger partial charge in [-0.15, -0.1) is 0 Å². The minimum absolute atomic E-state index is 0.0627. The summed E-state index contributed by atoms with van der Waals surface area (Å²) in [6.45, 7) is 5.57. The Morgan fingerprint density at radius 1 is 1.44 bits per heavy atom. The SMILES string of the molecule is C=C(CCCCC(F)(F)C(C)CNC)OC.